The highest BCUT2D eigenvalue weighted by atomic mass is 79.9. The molecule has 0 aliphatic rings. The minimum Gasteiger partial charge on any atom is -0.481 e. The van der Waals surface area contributed by atoms with Crippen molar-refractivity contribution in [3.05, 3.63) is 21.9 Å². The summed E-state index contributed by atoms with van der Waals surface area (Å²) >= 11 is 2.90. The average Bonchev–Trinajstić information content (AvgIpc) is 2.25. The van der Waals surface area contributed by atoms with E-state index < -0.39 is 22.7 Å². The first kappa shape index (κ1) is 14.5. The maximum atomic E-state index is 12.2. The van der Waals surface area contributed by atoms with E-state index in [2.05, 4.69) is 25.7 Å². The van der Waals surface area contributed by atoms with Crippen molar-refractivity contribution < 1.29 is 27.6 Å². The lowest BCUT2D eigenvalue weighted by molar-refractivity contribution is -0.389. The van der Waals surface area contributed by atoms with Crippen LogP contribution in [0.2, 0.25) is 0 Å². The Labute approximate surface area is 107 Å². The van der Waals surface area contributed by atoms with Gasteiger partial charge in [0, 0.05) is 5.33 Å². The van der Waals surface area contributed by atoms with Crippen molar-refractivity contribution in [3.8, 4) is 11.6 Å². The molecule has 100 valence electrons. The van der Waals surface area contributed by atoms with Crippen LogP contribution < -0.4 is 9.47 Å². The maximum absolute atomic E-state index is 12.2. The summed E-state index contributed by atoms with van der Waals surface area (Å²) in [6, 6.07) is 0. The molecule has 0 unspecified atom stereocenters. The molecule has 10 heteroatoms. The molecule has 0 radical (unpaired) electrons. The lowest BCUT2D eigenvalue weighted by atomic mass is 10.2. The summed E-state index contributed by atoms with van der Waals surface area (Å²) in [5.74, 6) is -1.12. The number of alkyl halides is 4. The molecule has 0 saturated heterocycles. The fraction of sp³-hybridized carbons (Fsp3) is 0.375. The Morgan fingerprint density at radius 3 is 2.56 bits per heavy atom. The van der Waals surface area contributed by atoms with Crippen LogP contribution in [0.1, 0.15) is 5.56 Å². The normalized spacial score (nSPS) is 11.2. The Bertz CT molecular complexity index is 466. The van der Waals surface area contributed by atoms with Crippen LogP contribution in [0.3, 0.4) is 0 Å². The number of methoxy groups -OCH3 is 1. The molecular weight excluding hydrogens is 325 g/mol. The Morgan fingerprint density at radius 2 is 2.17 bits per heavy atom. The molecule has 1 aromatic rings. The molecule has 1 heterocycles. The summed E-state index contributed by atoms with van der Waals surface area (Å²) in [6.45, 7) is 0. The molecule has 0 bridgehead atoms. The zero-order valence-electron chi connectivity index (χ0n) is 8.82. The van der Waals surface area contributed by atoms with E-state index >= 15 is 0 Å². The van der Waals surface area contributed by atoms with Gasteiger partial charge in [0.15, 0.2) is 0 Å². The summed E-state index contributed by atoms with van der Waals surface area (Å²) in [5.41, 5.74) is -1.08. The third-order valence-electron chi connectivity index (χ3n) is 1.81. The highest BCUT2D eigenvalue weighted by molar-refractivity contribution is 9.08. The minimum atomic E-state index is -5.05. The zero-order chi connectivity index (χ0) is 13.9. The van der Waals surface area contributed by atoms with E-state index in [0.717, 1.165) is 0 Å². The first-order valence-electron chi connectivity index (χ1n) is 4.32. The van der Waals surface area contributed by atoms with Crippen LogP contribution in [0.5, 0.6) is 11.6 Å². The lowest BCUT2D eigenvalue weighted by Gasteiger charge is -2.13. The molecule has 0 N–H and O–H groups in total. The molecule has 0 saturated carbocycles. The van der Waals surface area contributed by atoms with Crippen molar-refractivity contribution in [2.75, 3.05) is 7.11 Å². The summed E-state index contributed by atoms with van der Waals surface area (Å²) in [6.07, 6.45) is -4.40. The number of ether oxygens (including phenoxy) is 2. The van der Waals surface area contributed by atoms with E-state index in [1.54, 1.807) is 0 Å². The van der Waals surface area contributed by atoms with Crippen LogP contribution in [0, 0.1) is 10.1 Å². The van der Waals surface area contributed by atoms with E-state index in [1.807, 2.05) is 0 Å². The summed E-state index contributed by atoms with van der Waals surface area (Å²) < 4.78 is 45.0. The molecule has 0 amide bonds. The van der Waals surface area contributed by atoms with Crippen molar-refractivity contribution in [3.63, 3.8) is 0 Å². The first-order valence-corrected chi connectivity index (χ1v) is 5.44. The van der Waals surface area contributed by atoms with E-state index in [1.165, 1.54) is 7.11 Å². The highest BCUT2D eigenvalue weighted by Crippen LogP contribution is 2.39. The summed E-state index contributed by atoms with van der Waals surface area (Å²) in [5, 5.41) is 10.5. The second-order valence-corrected chi connectivity index (χ2v) is 3.46. The van der Waals surface area contributed by atoms with Crippen molar-refractivity contribution in [1.29, 1.82) is 0 Å². The molecule has 0 fully saturated rings. The van der Waals surface area contributed by atoms with E-state index in [4.69, 9.17) is 4.74 Å². The van der Waals surface area contributed by atoms with E-state index in [-0.39, 0.29) is 16.8 Å². The summed E-state index contributed by atoms with van der Waals surface area (Å²) in [4.78, 5) is 13.2. The maximum Gasteiger partial charge on any atom is 0.573 e. The molecule has 0 atom stereocenters. The van der Waals surface area contributed by atoms with Gasteiger partial charge >= 0.3 is 12.0 Å². The molecule has 18 heavy (non-hydrogen) atoms. The molecular formula is C8H6BrF3N2O4. The van der Waals surface area contributed by atoms with Crippen LogP contribution in [0.25, 0.3) is 0 Å². The molecule has 0 aliphatic carbocycles. The fourth-order valence-corrected chi connectivity index (χ4v) is 1.66. The van der Waals surface area contributed by atoms with Gasteiger partial charge in [-0.1, -0.05) is 15.9 Å². The van der Waals surface area contributed by atoms with Gasteiger partial charge in [-0.25, -0.2) is 4.98 Å². The quantitative estimate of drug-likeness (QED) is 0.482. The monoisotopic (exact) mass is 330 g/mol. The number of rotatable bonds is 4. The molecule has 0 aromatic carbocycles. The van der Waals surface area contributed by atoms with Crippen LogP contribution in [0.15, 0.2) is 6.20 Å². The zero-order valence-corrected chi connectivity index (χ0v) is 10.4. The average molecular weight is 331 g/mol. The fourth-order valence-electron chi connectivity index (χ4n) is 1.16. The van der Waals surface area contributed by atoms with Crippen LogP contribution in [0.4, 0.5) is 18.9 Å². The molecule has 0 spiro atoms. The van der Waals surface area contributed by atoms with E-state index in [9.17, 15) is 23.3 Å². The Balaban J connectivity index is 3.43. The molecule has 1 rings (SSSR count). The number of halogens is 4. The smallest absolute Gasteiger partial charge is 0.481 e. The largest absolute Gasteiger partial charge is 0.573 e. The predicted octanol–water partition coefficient (Wildman–Crippen LogP) is 2.79. The first-order chi connectivity index (χ1) is 8.30. The van der Waals surface area contributed by atoms with Crippen LogP contribution in [-0.2, 0) is 5.33 Å². The highest BCUT2D eigenvalue weighted by Gasteiger charge is 2.37. The number of hydrogen-bond acceptors (Lipinski definition) is 5. The Hall–Kier alpha value is -1.58. The van der Waals surface area contributed by atoms with Gasteiger partial charge in [-0.05, 0) is 0 Å². The third kappa shape index (κ3) is 3.22. The lowest BCUT2D eigenvalue weighted by Crippen LogP contribution is -2.19. The number of nitrogens with zero attached hydrogens (tertiary/aromatic N) is 2. The van der Waals surface area contributed by atoms with Gasteiger partial charge in [-0.15, -0.1) is 13.2 Å². The Morgan fingerprint density at radius 1 is 1.56 bits per heavy atom. The van der Waals surface area contributed by atoms with Gasteiger partial charge in [0.25, 0.3) is 0 Å². The third-order valence-corrected chi connectivity index (χ3v) is 2.37. The van der Waals surface area contributed by atoms with E-state index in [0.29, 0.717) is 6.20 Å². The Kier molecular flexibility index (Phi) is 4.33. The van der Waals surface area contributed by atoms with Crippen molar-refractivity contribution in [2.45, 2.75) is 11.7 Å². The molecule has 1 aromatic heterocycles. The number of aromatic nitrogens is 1. The van der Waals surface area contributed by atoms with Gasteiger partial charge in [-0.2, -0.15) is 0 Å². The molecule has 6 nitrogen and oxygen atoms in total. The number of hydrogen-bond donors (Lipinski definition) is 0. The van der Waals surface area contributed by atoms with Gasteiger partial charge in [0.1, 0.15) is 6.20 Å². The number of pyridine rings is 1. The van der Waals surface area contributed by atoms with Crippen LogP contribution in [-0.4, -0.2) is 23.4 Å². The van der Waals surface area contributed by atoms with Gasteiger partial charge in [0.2, 0.25) is 11.6 Å². The van der Waals surface area contributed by atoms with Crippen molar-refractivity contribution in [2.24, 2.45) is 0 Å². The molecule has 0 aliphatic heterocycles. The van der Waals surface area contributed by atoms with Gasteiger partial charge in [-0.3, -0.25) is 10.1 Å². The SMILES string of the molecule is COc1ncc([N+](=O)[O-])c(OC(F)(F)F)c1CBr. The predicted molar refractivity (Wildman–Crippen MR) is 56.8 cm³/mol. The summed E-state index contributed by atoms with van der Waals surface area (Å²) in [7, 11) is 1.18. The van der Waals surface area contributed by atoms with Crippen molar-refractivity contribution in [1.82, 2.24) is 4.98 Å². The second kappa shape index (κ2) is 5.38. The minimum absolute atomic E-state index is 0.143. The standard InChI is InChI=1S/C8H6BrF3N2O4/c1-17-7-4(2-9)6(18-8(10,11)12)5(3-13-7)14(15)16/h3H,2H2,1H3. The topological polar surface area (TPSA) is 74.5 Å². The van der Waals surface area contributed by atoms with Gasteiger partial charge < -0.3 is 9.47 Å². The van der Waals surface area contributed by atoms with Crippen molar-refractivity contribution >= 4 is 21.6 Å². The number of nitro groups is 1. The van der Waals surface area contributed by atoms with Gasteiger partial charge in [0.05, 0.1) is 17.6 Å². The second-order valence-electron chi connectivity index (χ2n) is 2.90. The van der Waals surface area contributed by atoms with Crippen LogP contribution >= 0.6 is 15.9 Å².